The lowest BCUT2D eigenvalue weighted by atomic mass is 10.1. The molecule has 1 aliphatic heterocycles. The number of imide groups is 1. The van der Waals surface area contributed by atoms with Crippen LogP contribution in [-0.4, -0.2) is 23.3 Å². The number of nitrogens with zero attached hydrogens (tertiary/aromatic N) is 1. The van der Waals surface area contributed by atoms with Crippen molar-refractivity contribution in [2.75, 3.05) is 6.54 Å². The molecule has 0 bridgehead atoms. The van der Waals surface area contributed by atoms with E-state index in [1.807, 2.05) is 43.3 Å². The van der Waals surface area contributed by atoms with Gasteiger partial charge in [0.1, 0.15) is 0 Å². The molecular weight excluding hydrogens is 226 g/mol. The van der Waals surface area contributed by atoms with Crippen molar-refractivity contribution in [2.24, 2.45) is 0 Å². The Morgan fingerprint density at radius 1 is 1.22 bits per heavy atom. The largest absolute Gasteiger partial charge is 0.278 e. The van der Waals surface area contributed by atoms with Crippen molar-refractivity contribution < 1.29 is 9.59 Å². The Morgan fingerprint density at radius 3 is 2.61 bits per heavy atom. The third-order valence-electron chi connectivity index (χ3n) is 3.04. The molecule has 0 saturated carbocycles. The van der Waals surface area contributed by atoms with E-state index in [1.165, 1.54) is 4.90 Å². The lowest BCUT2D eigenvalue weighted by molar-refractivity contribution is -0.137. The van der Waals surface area contributed by atoms with Gasteiger partial charge in [0, 0.05) is 12.1 Å². The molecule has 0 unspecified atom stereocenters. The van der Waals surface area contributed by atoms with Gasteiger partial charge in [0.15, 0.2) is 0 Å². The van der Waals surface area contributed by atoms with Crippen molar-refractivity contribution >= 4 is 17.9 Å². The summed E-state index contributed by atoms with van der Waals surface area (Å²) in [7, 11) is 0. The Bertz CT molecular complexity index is 477. The standard InChI is InChI=1S/C15H17NO2/c1-2-3-9-16-14(17)11-13(15(16)18)10-12-7-5-4-6-8-12/h4-8,10H,2-3,9,11H2,1H3/b13-10-. The van der Waals surface area contributed by atoms with Crippen LogP contribution in [0.4, 0.5) is 0 Å². The molecule has 1 aromatic rings. The SMILES string of the molecule is CCCCN1C(=O)C/C(=C/c2ccccc2)C1=O. The summed E-state index contributed by atoms with van der Waals surface area (Å²) in [4.78, 5) is 25.2. The summed E-state index contributed by atoms with van der Waals surface area (Å²) in [5.74, 6) is -0.201. The van der Waals surface area contributed by atoms with E-state index in [4.69, 9.17) is 0 Å². The number of rotatable bonds is 4. The molecule has 0 N–H and O–H groups in total. The highest BCUT2D eigenvalue weighted by Crippen LogP contribution is 2.21. The topological polar surface area (TPSA) is 37.4 Å². The molecule has 0 atom stereocenters. The zero-order valence-electron chi connectivity index (χ0n) is 10.6. The van der Waals surface area contributed by atoms with Crippen LogP contribution in [0.5, 0.6) is 0 Å². The van der Waals surface area contributed by atoms with E-state index in [-0.39, 0.29) is 18.2 Å². The average molecular weight is 243 g/mol. The van der Waals surface area contributed by atoms with Crippen molar-refractivity contribution in [3.63, 3.8) is 0 Å². The number of hydrogen-bond acceptors (Lipinski definition) is 2. The monoisotopic (exact) mass is 243 g/mol. The zero-order valence-corrected chi connectivity index (χ0v) is 10.6. The fraction of sp³-hybridized carbons (Fsp3) is 0.333. The van der Waals surface area contributed by atoms with Gasteiger partial charge in [-0.25, -0.2) is 0 Å². The molecule has 1 saturated heterocycles. The van der Waals surface area contributed by atoms with Crippen LogP contribution in [0, 0.1) is 0 Å². The van der Waals surface area contributed by atoms with Crippen LogP contribution in [-0.2, 0) is 9.59 Å². The zero-order chi connectivity index (χ0) is 13.0. The van der Waals surface area contributed by atoms with Crippen molar-refractivity contribution in [2.45, 2.75) is 26.2 Å². The molecule has 1 heterocycles. The minimum atomic E-state index is -0.127. The first kappa shape index (κ1) is 12.6. The van der Waals surface area contributed by atoms with Crippen LogP contribution in [0.2, 0.25) is 0 Å². The Kier molecular flexibility index (Phi) is 3.92. The number of carbonyl (C=O) groups excluding carboxylic acids is 2. The first-order valence-electron chi connectivity index (χ1n) is 6.32. The maximum absolute atomic E-state index is 12.1. The molecule has 3 nitrogen and oxygen atoms in total. The van der Waals surface area contributed by atoms with Crippen LogP contribution in [0.1, 0.15) is 31.7 Å². The number of likely N-dealkylation sites (tertiary alicyclic amines) is 1. The number of amides is 2. The van der Waals surface area contributed by atoms with E-state index >= 15 is 0 Å². The molecule has 0 spiro atoms. The van der Waals surface area contributed by atoms with Crippen molar-refractivity contribution in [1.29, 1.82) is 0 Å². The highest BCUT2D eigenvalue weighted by molar-refractivity contribution is 6.15. The third kappa shape index (κ3) is 2.67. The molecule has 0 aliphatic carbocycles. The average Bonchev–Trinajstić information content (AvgIpc) is 2.64. The summed E-state index contributed by atoms with van der Waals surface area (Å²) in [6.07, 6.45) is 3.90. The van der Waals surface area contributed by atoms with Gasteiger partial charge in [-0.15, -0.1) is 0 Å². The predicted octanol–water partition coefficient (Wildman–Crippen LogP) is 2.63. The third-order valence-corrected chi connectivity index (χ3v) is 3.04. The van der Waals surface area contributed by atoms with Gasteiger partial charge in [0.05, 0.1) is 6.42 Å². The number of carbonyl (C=O) groups is 2. The molecule has 1 fully saturated rings. The van der Waals surface area contributed by atoms with Gasteiger partial charge in [-0.1, -0.05) is 43.7 Å². The Balaban J connectivity index is 2.15. The van der Waals surface area contributed by atoms with Crippen LogP contribution in [0.25, 0.3) is 6.08 Å². The lowest BCUT2D eigenvalue weighted by Crippen LogP contribution is -2.30. The van der Waals surface area contributed by atoms with Gasteiger partial charge < -0.3 is 0 Å². The van der Waals surface area contributed by atoms with Crippen molar-refractivity contribution in [1.82, 2.24) is 4.90 Å². The molecule has 1 aromatic carbocycles. The molecule has 2 amide bonds. The van der Waals surface area contributed by atoms with E-state index in [9.17, 15) is 9.59 Å². The molecule has 18 heavy (non-hydrogen) atoms. The first-order valence-corrected chi connectivity index (χ1v) is 6.32. The summed E-state index contributed by atoms with van der Waals surface area (Å²) in [6.45, 7) is 2.59. The lowest BCUT2D eigenvalue weighted by Gasteiger charge is -2.11. The van der Waals surface area contributed by atoms with Gasteiger partial charge in [-0.2, -0.15) is 0 Å². The highest BCUT2D eigenvalue weighted by atomic mass is 16.2. The van der Waals surface area contributed by atoms with Crippen LogP contribution >= 0.6 is 0 Å². The second-order valence-electron chi connectivity index (χ2n) is 4.46. The molecule has 3 heteroatoms. The minimum absolute atomic E-state index is 0.0735. The first-order chi connectivity index (χ1) is 8.72. The predicted molar refractivity (Wildman–Crippen MR) is 70.7 cm³/mol. The number of benzene rings is 1. The van der Waals surface area contributed by atoms with Gasteiger partial charge in [0.2, 0.25) is 5.91 Å². The van der Waals surface area contributed by atoms with E-state index in [1.54, 1.807) is 0 Å². The second kappa shape index (κ2) is 5.63. The maximum Gasteiger partial charge on any atom is 0.256 e. The Hall–Kier alpha value is -1.90. The molecular formula is C15H17NO2. The quantitative estimate of drug-likeness (QED) is 0.602. The fourth-order valence-corrected chi connectivity index (χ4v) is 2.03. The van der Waals surface area contributed by atoms with Gasteiger partial charge in [0.25, 0.3) is 5.91 Å². The summed E-state index contributed by atoms with van der Waals surface area (Å²) < 4.78 is 0. The van der Waals surface area contributed by atoms with Crippen molar-refractivity contribution in [3.8, 4) is 0 Å². The van der Waals surface area contributed by atoms with E-state index < -0.39 is 0 Å². The fourth-order valence-electron chi connectivity index (χ4n) is 2.03. The van der Waals surface area contributed by atoms with Crippen LogP contribution < -0.4 is 0 Å². The molecule has 1 aliphatic rings. The normalized spacial score (nSPS) is 17.8. The summed E-state index contributed by atoms with van der Waals surface area (Å²) in [6, 6.07) is 9.63. The van der Waals surface area contributed by atoms with Crippen molar-refractivity contribution in [3.05, 3.63) is 41.5 Å². The van der Waals surface area contributed by atoms with Crippen LogP contribution in [0.3, 0.4) is 0 Å². The number of unbranched alkanes of at least 4 members (excludes halogenated alkanes) is 1. The molecule has 0 aromatic heterocycles. The summed E-state index contributed by atoms with van der Waals surface area (Å²) in [5, 5.41) is 0. The summed E-state index contributed by atoms with van der Waals surface area (Å²) in [5.41, 5.74) is 1.56. The molecule has 94 valence electrons. The maximum atomic E-state index is 12.1. The Labute approximate surface area is 107 Å². The Morgan fingerprint density at radius 2 is 1.94 bits per heavy atom. The number of hydrogen-bond donors (Lipinski definition) is 0. The minimum Gasteiger partial charge on any atom is -0.278 e. The van der Waals surface area contributed by atoms with Gasteiger partial charge >= 0.3 is 0 Å². The molecule has 0 radical (unpaired) electrons. The van der Waals surface area contributed by atoms with Crippen LogP contribution in [0.15, 0.2) is 35.9 Å². The van der Waals surface area contributed by atoms with Gasteiger partial charge in [-0.3, -0.25) is 14.5 Å². The van der Waals surface area contributed by atoms with E-state index in [0.29, 0.717) is 12.1 Å². The smallest absolute Gasteiger partial charge is 0.256 e. The molecule has 2 rings (SSSR count). The summed E-state index contributed by atoms with van der Waals surface area (Å²) >= 11 is 0. The van der Waals surface area contributed by atoms with Gasteiger partial charge in [-0.05, 0) is 18.1 Å². The van der Waals surface area contributed by atoms with E-state index in [0.717, 1.165) is 18.4 Å². The highest BCUT2D eigenvalue weighted by Gasteiger charge is 2.32. The second-order valence-corrected chi connectivity index (χ2v) is 4.46. The van der Waals surface area contributed by atoms with E-state index in [2.05, 4.69) is 0 Å².